The van der Waals surface area contributed by atoms with Gasteiger partial charge in [0.15, 0.2) is 0 Å². The molecule has 1 saturated heterocycles. The predicted octanol–water partition coefficient (Wildman–Crippen LogP) is 1.16. The van der Waals surface area contributed by atoms with E-state index in [2.05, 4.69) is 10.2 Å². The molecule has 2 N–H and O–H groups in total. The monoisotopic (exact) mass is 238 g/mol. The molecule has 17 heavy (non-hydrogen) atoms. The molecule has 0 aromatic carbocycles. The van der Waals surface area contributed by atoms with Crippen molar-refractivity contribution in [3.63, 3.8) is 0 Å². The second-order valence-electron chi connectivity index (χ2n) is 4.40. The molecular weight excluding hydrogens is 220 g/mol. The van der Waals surface area contributed by atoms with Crippen LogP contribution in [0.3, 0.4) is 0 Å². The predicted molar refractivity (Wildman–Crippen MR) is 63.0 cm³/mol. The molecule has 0 aliphatic carbocycles. The van der Waals surface area contributed by atoms with E-state index in [1.54, 1.807) is 6.07 Å². The summed E-state index contributed by atoms with van der Waals surface area (Å²) in [4.78, 5) is 13.0. The number of carboxylic acids is 1. The maximum atomic E-state index is 10.7. The number of likely N-dealkylation sites (tertiary alicyclic amines) is 1. The molecule has 1 aromatic rings. The molecule has 1 aromatic heterocycles. The third-order valence-electron chi connectivity index (χ3n) is 3.17. The topological polar surface area (TPSA) is 65.7 Å². The lowest BCUT2D eigenvalue weighted by molar-refractivity contribution is 0.0658. The summed E-state index contributed by atoms with van der Waals surface area (Å²) in [5.74, 6) is -0.265. The number of carbonyl (C=O) groups is 1. The molecule has 1 fully saturated rings. The normalized spacial score (nSPS) is 20.9. The third kappa shape index (κ3) is 2.87. The van der Waals surface area contributed by atoms with E-state index in [9.17, 15) is 4.79 Å². The van der Waals surface area contributed by atoms with Crippen LogP contribution in [-0.4, -0.2) is 42.2 Å². The van der Waals surface area contributed by atoms with Gasteiger partial charge in [-0.1, -0.05) is 0 Å². The highest BCUT2D eigenvalue weighted by atomic mass is 16.4. The second-order valence-corrected chi connectivity index (χ2v) is 4.40. The first kappa shape index (κ1) is 12.1. The van der Waals surface area contributed by atoms with E-state index in [-0.39, 0.29) is 5.76 Å². The van der Waals surface area contributed by atoms with Gasteiger partial charge in [-0.15, -0.1) is 0 Å². The third-order valence-corrected chi connectivity index (χ3v) is 3.17. The highest BCUT2D eigenvalue weighted by Gasteiger charge is 2.24. The Balaban J connectivity index is 1.97. The van der Waals surface area contributed by atoms with E-state index in [1.165, 1.54) is 18.9 Å². The van der Waals surface area contributed by atoms with Crippen molar-refractivity contribution < 1.29 is 14.3 Å². The van der Waals surface area contributed by atoms with Crippen molar-refractivity contribution in [1.82, 2.24) is 10.2 Å². The highest BCUT2D eigenvalue weighted by Crippen LogP contribution is 2.20. The summed E-state index contributed by atoms with van der Waals surface area (Å²) in [5, 5.41) is 12.0. The van der Waals surface area contributed by atoms with Gasteiger partial charge in [-0.3, -0.25) is 4.90 Å². The average molecular weight is 238 g/mol. The Bertz CT molecular complexity index is 389. The fourth-order valence-electron chi connectivity index (χ4n) is 2.35. The number of aromatic carboxylic acids is 1. The van der Waals surface area contributed by atoms with Gasteiger partial charge in [0.1, 0.15) is 5.76 Å². The van der Waals surface area contributed by atoms with E-state index in [0.29, 0.717) is 12.6 Å². The summed E-state index contributed by atoms with van der Waals surface area (Å²) in [5.41, 5.74) is 0. The number of nitrogens with zero attached hydrogens (tertiary/aromatic N) is 1. The van der Waals surface area contributed by atoms with Crippen LogP contribution in [0.15, 0.2) is 16.5 Å². The standard InChI is InChI=1S/C12H18N2O3/c1-13-7-9-3-2-6-14(9)8-10-4-5-11(17-10)12(15)16/h4-5,9,13H,2-3,6-8H2,1H3,(H,15,16). The summed E-state index contributed by atoms with van der Waals surface area (Å²) < 4.78 is 5.27. The molecule has 94 valence electrons. The number of likely N-dealkylation sites (N-methyl/N-ethyl adjacent to an activating group) is 1. The van der Waals surface area contributed by atoms with Gasteiger partial charge in [0, 0.05) is 12.6 Å². The Kier molecular flexibility index (Phi) is 3.81. The first-order chi connectivity index (χ1) is 8.20. The van der Waals surface area contributed by atoms with E-state index in [0.717, 1.165) is 18.8 Å². The second kappa shape index (κ2) is 5.33. The number of carboxylic acid groups (broad SMARTS) is 1. The molecule has 2 heterocycles. The van der Waals surface area contributed by atoms with Crippen LogP contribution in [0.2, 0.25) is 0 Å². The zero-order valence-corrected chi connectivity index (χ0v) is 9.98. The Labute approximate surface area is 100 Å². The van der Waals surface area contributed by atoms with Crippen molar-refractivity contribution in [2.24, 2.45) is 0 Å². The molecule has 0 radical (unpaired) electrons. The van der Waals surface area contributed by atoms with Gasteiger partial charge in [0.25, 0.3) is 0 Å². The van der Waals surface area contributed by atoms with Crippen molar-refractivity contribution in [2.45, 2.75) is 25.4 Å². The van der Waals surface area contributed by atoms with Crippen LogP contribution in [0.1, 0.15) is 29.2 Å². The van der Waals surface area contributed by atoms with E-state index in [1.807, 2.05) is 7.05 Å². The summed E-state index contributed by atoms with van der Waals surface area (Å²) in [6.45, 7) is 2.71. The number of nitrogens with one attached hydrogen (secondary N) is 1. The van der Waals surface area contributed by atoms with Crippen molar-refractivity contribution in [3.05, 3.63) is 23.7 Å². The lowest BCUT2D eigenvalue weighted by Crippen LogP contribution is -2.36. The van der Waals surface area contributed by atoms with Crippen LogP contribution < -0.4 is 5.32 Å². The number of furan rings is 1. The van der Waals surface area contributed by atoms with Crippen molar-refractivity contribution in [1.29, 1.82) is 0 Å². The Morgan fingerprint density at radius 2 is 2.47 bits per heavy atom. The smallest absolute Gasteiger partial charge is 0.371 e. The molecule has 0 spiro atoms. The first-order valence-electron chi connectivity index (χ1n) is 5.91. The van der Waals surface area contributed by atoms with E-state index in [4.69, 9.17) is 9.52 Å². The molecule has 0 bridgehead atoms. The van der Waals surface area contributed by atoms with Gasteiger partial charge >= 0.3 is 5.97 Å². The zero-order valence-electron chi connectivity index (χ0n) is 9.98. The van der Waals surface area contributed by atoms with Gasteiger partial charge in [0.05, 0.1) is 6.54 Å². The summed E-state index contributed by atoms with van der Waals surface area (Å²) >= 11 is 0. The molecule has 5 heteroatoms. The molecule has 1 aliphatic heterocycles. The van der Waals surface area contributed by atoms with Crippen LogP contribution >= 0.6 is 0 Å². The van der Waals surface area contributed by atoms with Crippen molar-refractivity contribution in [2.75, 3.05) is 20.1 Å². The lowest BCUT2D eigenvalue weighted by atomic mass is 10.2. The van der Waals surface area contributed by atoms with E-state index < -0.39 is 5.97 Å². The van der Waals surface area contributed by atoms with Gasteiger partial charge in [-0.25, -0.2) is 4.79 Å². The lowest BCUT2D eigenvalue weighted by Gasteiger charge is -2.22. The fourth-order valence-corrected chi connectivity index (χ4v) is 2.35. The Hall–Kier alpha value is -1.33. The molecule has 0 amide bonds. The SMILES string of the molecule is CNCC1CCCN1Cc1ccc(C(=O)O)o1. The molecule has 1 aliphatic rings. The molecule has 1 unspecified atom stereocenters. The van der Waals surface area contributed by atoms with Crippen LogP contribution in [-0.2, 0) is 6.54 Å². The maximum absolute atomic E-state index is 10.7. The highest BCUT2D eigenvalue weighted by molar-refractivity contribution is 5.84. The Morgan fingerprint density at radius 3 is 3.12 bits per heavy atom. The molecule has 2 rings (SSSR count). The average Bonchev–Trinajstić information content (AvgIpc) is 2.90. The van der Waals surface area contributed by atoms with Crippen LogP contribution in [0.5, 0.6) is 0 Å². The van der Waals surface area contributed by atoms with Crippen LogP contribution in [0.25, 0.3) is 0 Å². The molecule has 5 nitrogen and oxygen atoms in total. The molecule has 0 saturated carbocycles. The maximum Gasteiger partial charge on any atom is 0.371 e. The minimum atomic E-state index is -1.01. The van der Waals surface area contributed by atoms with Gasteiger partial charge in [-0.05, 0) is 38.6 Å². The summed E-state index contributed by atoms with van der Waals surface area (Å²) in [6, 6.07) is 3.79. The van der Waals surface area contributed by atoms with Gasteiger partial charge < -0.3 is 14.8 Å². The quantitative estimate of drug-likeness (QED) is 0.806. The minimum absolute atomic E-state index is 0.0179. The van der Waals surface area contributed by atoms with Crippen LogP contribution in [0.4, 0.5) is 0 Å². The number of hydrogen-bond donors (Lipinski definition) is 2. The Morgan fingerprint density at radius 1 is 1.65 bits per heavy atom. The van der Waals surface area contributed by atoms with Gasteiger partial charge in [0.2, 0.25) is 5.76 Å². The van der Waals surface area contributed by atoms with E-state index >= 15 is 0 Å². The molecule has 1 atom stereocenters. The zero-order chi connectivity index (χ0) is 12.3. The van der Waals surface area contributed by atoms with Crippen LogP contribution in [0, 0.1) is 0 Å². The summed E-state index contributed by atoms with van der Waals surface area (Å²) in [7, 11) is 1.95. The molecular formula is C12H18N2O3. The fraction of sp³-hybridized carbons (Fsp3) is 0.583. The van der Waals surface area contributed by atoms with Crippen molar-refractivity contribution >= 4 is 5.97 Å². The first-order valence-corrected chi connectivity index (χ1v) is 5.91. The van der Waals surface area contributed by atoms with Gasteiger partial charge in [-0.2, -0.15) is 0 Å². The minimum Gasteiger partial charge on any atom is -0.475 e. The largest absolute Gasteiger partial charge is 0.475 e. The van der Waals surface area contributed by atoms with Crippen molar-refractivity contribution in [3.8, 4) is 0 Å². The number of rotatable bonds is 5. The summed E-state index contributed by atoms with van der Waals surface area (Å²) in [6.07, 6.45) is 2.38. The number of hydrogen-bond acceptors (Lipinski definition) is 4.